The second-order valence-corrected chi connectivity index (χ2v) is 6.65. The molecule has 0 bridgehead atoms. The van der Waals surface area contributed by atoms with E-state index in [9.17, 15) is 0 Å². The van der Waals surface area contributed by atoms with Crippen molar-refractivity contribution in [1.29, 1.82) is 0 Å². The molecule has 0 unspecified atom stereocenters. The van der Waals surface area contributed by atoms with E-state index in [1.165, 1.54) is 0 Å². The highest BCUT2D eigenvalue weighted by Gasteiger charge is 2.27. The first-order valence-electron chi connectivity index (χ1n) is 8.50. The lowest BCUT2D eigenvalue weighted by atomic mass is 9.97. The number of hydrogen-bond acceptors (Lipinski definition) is 6. The summed E-state index contributed by atoms with van der Waals surface area (Å²) in [4.78, 5) is 15.8. The summed E-state index contributed by atoms with van der Waals surface area (Å²) in [6.07, 6.45) is 3.82. The van der Waals surface area contributed by atoms with Crippen molar-refractivity contribution >= 4 is 16.7 Å². The van der Waals surface area contributed by atoms with Crippen molar-refractivity contribution in [1.82, 2.24) is 20.1 Å². The Kier molecular flexibility index (Phi) is 3.88. The molecule has 6 nitrogen and oxygen atoms in total. The zero-order valence-corrected chi connectivity index (χ0v) is 14.0. The Morgan fingerprint density at radius 1 is 1.21 bits per heavy atom. The summed E-state index contributed by atoms with van der Waals surface area (Å²) in [5.41, 5.74) is 0.978. The predicted octanol–water partition coefficient (Wildman–Crippen LogP) is 3.52. The maximum Gasteiger partial charge on any atom is 0.229 e. The first-order chi connectivity index (χ1) is 11.7. The predicted molar refractivity (Wildman–Crippen MR) is 92.1 cm³/mol. The summed E-state index contributed by atoms with van der Waals surface area (Å²) in [6, 6.07) is 8.14. The van der Waals surface area contributed by atoms with Crippen LogP contribution >= 0.6 is 0 Å². The molecule has 0 spiro atoms. The van der Waals surface area contributed by atoms with E-state index >= 15 is 0 Å². The SMILES string of the molecule is CC(C)c1nc([C@@H]2CCCN(c3ncnc4ccccc34)C2)no1. The van der Waals surface area contributed by atoms with Crippen molar-refractivity contribution in [3.8, 4) is 0 Å². The van der Waals surface area contributed by atoms with Crippen LogP contribution in [0.1, 0.15) is 50.2 Å². The Balaban J connectivity index is 1.62. The molecule has 3 aromatic rings. The van der Waals surface area contributed by atoms with Gasteiger partial charge in [-0.3, -0.25) is 0 Å². The van der Waals surface area contributed by atoms with Crippen LogP contribution in [0.5, 0.6) is 0 Å². The quantitative estimate of drug-likeness (QED) is 0.734. The molecule has 1 fully saturated rings. The third-order valence-corrected chi connectivity index (χ3v) is 4.56. The van der Waals surface area contributed by atoms with Crippen LogP contribution in [0.25, 0.3) is 10.9 Å². The van der Waals surface area contributed by atoms with E-state index in [0.29, 0.717) is 0 Å². The molecule has 6 heteroatoms. The van der Waals surface area contributed by atoms with E-state index in [0.717, 1.165) is 54.4 Å². The summed E-state index contributed by atoms with van der Waals surface area (Å²) in [6.45, 7) is 5.99. The molecule has 24 heavy (non-hydrogen) atoms. The molecule has 0 N–H and O–H groups in total. The molecule has 2 aromatic heterocycles. The van der Waals surface area contributed by atoms with Crippen molar-refractivity contribution in [3.63, 3.8) is 0 Å². The molecular formula is C18H21N5O. The molecule has 1 saturated heterocycles. The number of piperidine rings is 1. The monoisotopic (exact) mass is 323 g/mol. The molecule has 0 saturated carbocycles. The summed E-state index contributed by atoms with van der Waals surface area (Å²) >= 11 is 0. The van der Waals surface area contributed by atoms with Crippen LogP contribution in [-0.2, 0) is 0 Å². The van der Waals surface area contributed by atoms with Crippen molar-refractivity contribution in [2.75, 3.05) is 18.0 Å². The van der Waals surface area contributed by atoms with E-state index in [1.54, 1.807) is 6.33 Å². The van der Waals surface area contributed by atoms with Gasteiger partial charge >= 0.3 is 0 Å². The van der Waals surface area contributed by atoms with Gasteiger partial charge in [0.2, 0.25) is 5.89 Å². The van der Waals surface area contributed by atoms with Crippen molar-refractivity contribution in [3.05, 3.63) is 42.3 Å². The van der Waals surface area contributed by atoms with E-state index in [2.05, 4.69) is 44.9 Å². The fourth-order valence-electron chi connectivity index (χ4n) is 3.27. The Bertz CT molecular complexity index is 839. The number of para-hydroxylation sites is 1. The maximum atomic E-state index is 5.39. The number of nitrogens with zero attached hydrogens (tertiary/aromatic N) is 5. The maximum absolute atomic E-state index is 5.39. The second-order valence-electron chi connectivity index (χ2n) is 6.65. The first kappa shape index (κ1) is 15.1. The normalized spacial score (nSPS) is 18.5. The lowest BCUT2D eigenvalue weighted by Gasteiger charge is -2.32. The lowest BCUT2D eigenvalue weighted by Crippen LogP contribution is -2.35. The van der Waals surface area contributed by atoms with Crippen molar-refractivity contribution < 1.29 is 4.52 Å². The standard InChI is InChI=1S/C18H21N5O/c1-12(2)18-21-16(22-24-18)13-6-5-9-23(10-13)17-14-7-3-4-8-15(14)19-11-20-17/h3-4,7-8,11-13H,5-6,9-10H2,1-2H3/t13-/m1/s1. The zero-order valence-electron chi connectivity index (χ0n) is 14.0. The Morgan fingerprint density at radius 3 is 2.92 bits per heavy atom. The summed E-state index contributed by atoms with van der Waals surface area (Å²) < 4.78 is 5.39. The molecule has 0 aliphatic carbocycles. The summed E-state index contributed by atoms with van der Waals surface area (Å²) in [5, 5.41) is 5.30. The first-order valence-corrected chi connectivity index (χ1v) is 8.50. The van der Waals surface area contributed by atoms with Crippen LogP contribution in [0.15, 0.2) is 35.1 Å². The number of fused-ring (bicyclic) bond motifs is 1. The number of hydrogen-bond donors (Lipinski definition) is 0. The highest BCUT2D eigenvalue weighted by Crippen LogP contribution is 2.31. The molecular weight excluding hydrogens is 302 g/mol. The summed E-state index contributed by atoms with van der Waals surface area (Å²) in [7, 11) is 0. The molecule has 1 aliphatic rings. The highest BCUT2D eigenvalue weighted by atomic mass is 16.5. The van der Waals surface area contributed by atoms with Crippen LogP contribution in [0.3, 0.4) is 0 Å². The van der Waals surface area contributed by atoms with Gasteiger partial charge in [0, 0.05) is 30.3 Å². The van der Waals surface area contributed by atoms with Crippen LogP contribution in [0.2, 0.25) is 0 Å². The van der Waals surface area contributed by atoms with E-state index < -0.39 is 0 Å². The average molecular weight is 323 g/mol. The van der Waals surface area contributed by atoms with Gasteiger partial charge in [0.05, 0.1) is 5.52 Å². The molecule has 1 aromatic carbocycles. The second kappa shape index (κ2) is 6.19. The van der Waals surface area contributed by atoms with E-state index in [-0.39, 0.29) is 11.8 Å². The van der Waals surface area contributed by atoms with Gasteiger partial charge in [-0.15, -0.1) is 0 Å². The van der Waals surface area contributed by atoms with Crippen LogP contribution in [-0.4, -0.2) is 33.2 Å². The van der Waals surface area contributed by atoms with Gasteiger partial charge in [-0.2, -0.15) is 4.98 Å². The fraction of sp³-hybridized carbons (Fsp3) is 0.444. The lowest BCUT2D eigenvalue weighted by molar-refractivity contribution is 0.354. The average Bonchev–Trinajstić information content (AvgIpc) is 3.12. The number of aromatic nitrogens is 4. The van der Waals surface area contributed by atoms with Gasteiger partial charge in [0.15, 0.2) is 5.82 Å². The third-order valence-electron chi connectivity index (χ3n) is 4.56. The number of rotatable bonds is 3. The van der Waals surface area contributed by atoms with Crippen LogP contribution in [0, 0.1) is 0 Å². The van der Waals surface area contributed by atoms with Crippen molar-refractivity contribution in [2.24, 2.45) is 0 Å². The molecule has 1 atom stereocenters. The van der Waals surface area contributed by atoms with Gasteiger partial charge < -0.3 is 9.42 Å². The summed E-state index contributed by atoms with van der Waals surface area (Å²) in [5.74, 6) is 3.08. The smallest absolute Gasteiger partial charge is 0.229 e. The van der Waals surface area contributed by atoms with Gasteiger partial charge in [-0.1, -0.05) is 31.1 Å². The Hall–Kier alpha value is -2.50. The fourth-order valence-corrected chi connectivity index (χ4v) is 3.27. The minimum atomic E-state index is 0.261. The third kappa shape index (κ3) is 2.72. The van der Waals surface area contributed by atoms with E-state index in [1.807, 2.05) is 18.2 Å². The zero-order chi connectivity index (χ0) is 16.5. The molecule has 0 amide bonds. The molecule has 3 heterocycles. The van der Waals surface area contributed by atoms with Gasteiger partial charge in [-0.25, -0.2) is 9.97 Å². The molecule has 4 rings (SSSR count). The molecule has 124 valence electrons. The Morgan fingerprint density at radius 2 is 2.08 bits per heavy atom. The molecule has 1 aliphatic heterocycles. The number of anilines is 1. The number of benzene rings is 1. The van der Waals surface area contributed by atoms with Crippen LogP contribution < -0.4 is 4.90 Å². The Labute approximate surface area is 140 Å². The topological polar surface area (TPSA) is 67.9 Å². The van der Waals surface area contributed by atoms with Gasteiger partial charge in [-0.05, 0) is 25.0 Å². The minimum Gasteiger partial charge on any atom is -0.355 e. The van der Waals surface area contributed by atoms with E-state index in [4.69, 9.17) is 4.52 Å². The van der Waals surface area contributed by atoms with Gasteiger partial charge in [0.25, 0.3) is 0 Å². The molecule has 0 radical (unpaired) electrons. The minimum absolute atomic E-state index is 0.261. The highest BCUT2D eigenvalue weighted by molar-refractivity contribution is 5.89. The largest absolute Gasteiger partial charge is 0.355 e. The van der Waals surface area contributed by atoms with Crippen LogP contribution in [0.4, 0.5) is 5.82 Å². The van der Waals surface area contributed by atoms with Crippen molar-refractivity contribution in [2.45, 2.75) is 38.5 Å². The van der Waals surface area contributed by atoms with Gasteiger partial charge in [0.1, 0.15) is 12.1 Å².